The predicted molar refractivity (Wildman–Crippen MR) is 106 cm³/mol. The van der Waals surface area contributed by atoms with E-state index in [0.29, 0.717) is 5.56 Å². The molecule has 1 amide bonds. The molecule has 2 heterocycles. The van der Waals surface area contributed by atoms with Gasteiger partial charge in [-0.15, -0.1) is 0 Å². The molecule has 9 heteroatoms. The second-order valence-electron chi connectivity index (χ2n) is 6.87. The highest BCUT2D eigenvalue weighted by molar-refractivity contribution is 6.46. The number of hydrogen-bond donors (Lipinski definition) is 1. The molecule has 31 heavy (non-hydrogen) atoms. The van der Waals surface area contributed by atoms with Gasteiger partial charge in [0.1, 0.15) is 23.4 Å². The summed E-state index contributed by atoms with van der Waals surface area (Å²) in [5, 5.41) is 21.7. The summed E-state index contributed by atoms with van der Waals surface area (Å²) in [5.74, 6) is -2.43. The van der Waals surface area contributed by atoms with E-state index in [1.807, 2.05) is 0 Å². The topological polar surface area (TPSA) is 114 Å². The number of nitrogens with zero attached hydrogens (tertiary/aromatic N) is 2. The number of amides is 1. The number of benzene rings is 2. The summed E-state index contributed by atoms with van der Waals surface area (Å²) in [4.78, 5) is 37.1. The average molecular weight is 422 g/mol. The Morgan fingerprint density at radius 2 is 1.77 bits per heavy atom. The van der Waals surface area contributed by atoms with Gasteiger partial charge in [-0.1, -0.05) is 12.1 Å². The Bertz CT molecular complexity index is 1180. The van der Waals surface area contributed by atoms with Gasteiger partial charge in [-0.3, -0.25) is 19.7 Å². The van der Waals surface area contributed by atoms with Gasteiger partial charge in [0, 0.05) is 24.2 Å². The number of halogens is 1. The van der Waals surface area contributed by atoms with Crippen molar-refractivity contribution in [2.45, 2.75) is 12.6 Å². The first-order chi connectivity index (χ1) is 14.9. The van der Waals surface area contributed by atoms with Crippen LogP contribution in [0.15, 0.2) is 76.9 Å². The Balaban J connectivity index is 1.79. The van der Waals surface area contributed by atoms with Gasteiger partial charge < -0.3 is 14.4 Å². The van der Waals surface area contributed by atoms with Crippen molar-refractivity contribution < 1.29 is 28.4 Å². The molecular weight excluding hydrogens is 407 g/mol. The fraction of sp³-hybridized carbons (Fsp3) is 0.0909. The van der Waals surface area contributed by atoms with Gasteiger partial charge in [0.05, 0.1) is 16.8 Å². The van der Waals surface area contributed by atoms with Crippen LogP contribution < -0.4 is 0 Å². The van der Waals surface area contributed by atoms with Crippen molar-refractivity contribution in [3.63, 3.8) is 0 Å². The number of nitro benzene ring substituents is 1. The lowest BCUT2D eigenvalue weighted by atomic mass is 9.99. The fourth-order valence-corrected chi connectivity index (χ4v) is 3.47. The standard InChI is InChI=1S/C22H15FN2O6/c23-15-7-3-13(4-8-15)12-24-19(17-2-1-11-31-17)18(21(27)22(24)28)20(26)14-5-9-16(10-6-14)25(29)30/h1-11,19,26H,12H2/b20-18-. The van der Waals surface area contributed by atoms with Crippen LogP contribution in [0.4, 0.5) is 10.1 Å². The minimum atomic E-state index is -1.02. The lowest BCUT2D eigenvalue weighted by molar-refractivity contribution is -0.384. The van der Waals surface area contributed by atoms with E-state index in [2.05, 4.69) is 0 Å². The molecule has 0 radical (unpaired) electrons. The number of aliphatic hydroxyl groups excluding tert-OH is 1. The minimum absolute atomic E-state index is 0.0206. The lowest BCUT2D eigenvalue weighted by Crippen LogP contribution is -2.29. The largest absolute Gasteiger partial charge is 0.507 e. The molecule has 2 aromatic carbocycles. The molecule has 1 aromatic heterocycles. The maximum atomic E-state index is 13.2. The SMILES string of the molecule is O=C1C(=O)N(Cc2ccc(F)cc2)C(c2ccco2)/C1=C(/O)c1ccc([N+](=O)[O-])cc1. The zero-order valence-electron chi connectivity index (χ0n) is 15.9. The van der Waals surface area contributed by atoms with Gasteiger partial charge in [-0.2, -0.15) is 0 Å². The summed E-state index contributed by atoms with van der Waals surface area (Å²) in [6, 6.07) is 12.5. The number of likely N-dealkylation sites (tertiary alicyclic amines) is 1. The Hall–Kier alpha value is -4.27. The number of ketones is 1. The van der Waals surface area contributed by atoms with Crippen molar-refractivity contribution in [3.05, 3.63) is 105 Å². The molecule has 0 saturated carbocycles. The summed E-state index contributed by atoms with van der Waals surface area (Å²) in [7, 11) is 0. The highest BCUT2D eigenvalue weighted by atomic mass is 19.1. The molecule has 1 fully saturated rings. The lowest BCUT2D eigenvalue weighted by Gasteiger charge is -2.23. The van der Waals surface area contributed by atoms with Crippen molar-refractivity contribution in [2.24, 2.45) is 0 Å². The number of carbonyl (C=O) groups is 2. The van der Waals surface area contributed by atoms with Crippen molar-refractivity contribution in [3.8, 4) is 0 Å². The molecule has 0 spiro atoms. The number of rotatable bonds is 5. The molecule has 0 aliphatic carbocycles. The number of hydrogen-bond acceptors (Lipinski definition) is 6. The van der Waals surface area contributed by atoms with Gasteiger partial charge >= 0.3 is 0 Å². The molecule has 8 nitrogen and oxygen atoms in total. The first-order valence-corrected chi connectivity index (χ1v) is 9.18. The van der Waals surface area contributed by atoms with E-state index in [-0.39, 0.29) is 29.1 Å². The minimum Gasteiger partial charge on any atom is -0.507 e. The zero-order valence-corrected chi connectivity index (χ0v) is 15.9. The molecule has 1 saturated heterocycles. The molecule has 1 N–H and O–H groups in total. The number of non-ortho nitro benzene ring substituents is 1. The second-order valence-corrected chi connectivity index (χ2v) is 6.87. The van der Waals surface area contributed by atoms with Crippen LogP contribution in [0.1, 0.15) is 22.9 Å². The predicted octanol–water partition coefficient (Wildman–Crippen LogP) is 3.95. The molecule has 1 unspecified atom stereocenters. The first kappa shape index (κ1) is 20.0. The highest BCUT2D eigenvalue weighted by Crippen LogP contribution is 2.40. The van der Waals surface area contributed by atoms with Crippen LogP contribution in [-0.4, -0.2) is 26.6 Å². The first-order valence-electron chi connectivity index (χ1n) is 9.18. The van der Waals surface area contributed by atoms with Crippen LogP contribution in [0, 0.1) is 15.9 Å². The fourth-order valence-electron chi connectivity index (χ4n) is 3.47. The Morgan fingerprint density at radius 1 is 1.10 bits per heavy atom. The van der Waals surface area contributed by atoms with Gasteiger partial charge in [-0.05, 0) is 42.0 Å². The second kappa shape index (κ2) is 7.86. The maximum Gasteiger partial charge on any atom is 0.296 e. The van der Waals surface area contributed by atoms with Crippen molar-refractivity contribution in [2.75, 3.05) is 0 Å². The molecule has 1 atom stereocenters. The van der Waals surface area contributed by atoms with Crippen LogP contribution in [0.3, 0.4) is 0 Å². The van der Waals surface area contributed by atoms with Crippen LogP contribution in [0.5, 0.6) is 0 Å². The van der Waals surface area contributed by atoms with Crippen LogP contribution in [0.2, 0.25) is 0 Å². The van der Waals surface area contributed by atoms with E-state index >= 15 is 0 Å². The van der Waals surface area contributed by atoms with E-state index in [9.17, 15) is 29.2 Å². The van der Waals surface area contributed by atoms with E-state index in [4.69, 9.17) is 4.42 Å². The maximum absolute atomic E-state index is 13.2. The van der Waals surface area contributed by atoms with Crippen molar-refractivity contribution >= 4 is 23.1 Å². The van der Waals surface area contributed by atoms with E-state index in [0.717, 1.165) is 0 Å². The number of Topliss-reactive ketones (excluding diaryl/α,β-unsaturated/α-hetero) is 1. The molecule has 0 bridgehead atoms. The smallest absolute Gasteiger partial charge is 0.296 e. The third kappa shape index (κ3) is 3.68. The molecule has 156 valence electrons. The molecule has 3 aromatic rings. The Kier molecular flexibility index (Phi) is 5.08. The van der Waals surface area contributed by atoms with E-state index in [1.165, 1.54) is 59.7 Å². The number of carbonyl (C=O) groups excluding carboxylic acids is 2. The van der Waals surface area contributed by atoms with Crippen molar-refractivity contribution in [1.29, 1.82) is 0 Å². The number of furan rings is 1. The summed E-state index contributed by atoms with van der Waals surface area (Å²) >= 11 is 0. The average Bonchev–Trinajstić information content (AvgIpc) is 3.37. The van der Waals surface area contributed by atoms with Gasteiger partial charge in [-0.25, -0.2) is 4.39 Å². The molecule has 4 rings (SSSR count). The van der Waals surface area contributed by atoms with E-state index in [1.54, 1.807) is 12.1 Å². The summed E-state index contributed by atoms with van der Waals surface area (Å²) in [5.41, 5.74) is 0.337. The molecular formula is C22H15FN2O6. The van der Waals surface area contributed by atoms with Gasteiger partial charge in [0.2, 0.25) is 0 Å². The third-order valence-electron chi connectivity index (χ3n) is 4.97. The van der Waals surface area contributed by atoms with Gasteiger partial charge in [0.25, 0.3) is 17.4 Å². The highest BCUT2D eigenvalue weighted by Gasteiger charge is 2.47. The third-order valence-corrected chi connectivity index (χ3v) is 4.97. The summed E-state index contributed by atoms with van der Waals surface area (Å²) in [6.07, 6.45) is 1.37. The zero-order chi connectivity index (χ0) is 22.1. The Morgan fingerprint density at radius 3 is 2.35 bits per heavy atom. The van der Waals surface area contributed by atoms with Crippen LogP contribution in [-0.2, 0) is 16.1 Å². The Labute approximate surface area is 175 Å². The molecule has 1 aliphatic rings. The number of nitro groups is 1. The summed E-state index contributed by atoms with van der Waals surface area (Å²) < 4.78 is 18.7. The van der Waals surface area contributed by atoms with Crippen LogP contribution in [0.25, 0.3) is 5.76 Å². The van der Waals surface area contributed by atoms with Crippen molar-refractivity contribution in [1.82, 2.24) is 4.90 Å². The molecule has 1 aliphatic heterocycles. The van der Waals surface area contributed by atoms with E-state index < -0.39 is 34.2 Å². The van der Waals surface area contributed by atoms with Crippen LogP contribution >= 0.6 is 0 Å². The monoisotopic (exact) mass is 422 g/mol. The summed E-state index contributed by atoms with van der Waals surface area (Å²) in [6.45, 7) is -0.0206. The normalized spacial score (nSPS) is 17.8. The number of aliphatic hydroxyl groups is 1. The quantitative estimate of drug-likeness (QED) is 0.219. The van der Waals surface area contributed by atoms with Gasteiger partial charge in [0.15, 0.2) is 0 Å².